The monoisotopic (exact) mass is 360 g/mol. The molecule has 1 aromatic heterocycles. The van der Waals surface area contributed by atoms with Gasteiger partial charge < -0.3 is 9.47 Å². The highest BCUT2D eigenvalue weighted by molar-refractivity contribution is 7.14. The fourth-order valence-corrected chi connectivity index (χ4v) is 4.05. The van der Waals surface area contributed by atoms with Crippen LogP contribution < -0.4 is 20.3 Å². The molecule has 1 heterocycles. The number of rotatable bonds is 4. The van der Waals surface area contributed by atoms with Crippen LogP contribution in [0.1, 0.15) is 42.5 Å². The first-order valence-electron chi connectivity index (χ1n) is 7.98. The molecule has 0 saturated heterocycles. The average Bonchev–Trinajstić information content (AvgIpc) is 3.21. The van der Waals surface area contributed by atoms with Crippen molar-refractivity contribution >= 4 is 23.2 Å². The van der Waals surface area contributed by atoms with Crippen LogP contribution in [0.25, 0.3) is 0 Å². The van der Waals surface area contributed by atoms with Crippen LogP contribution in [0.4, 0.5) is 0 Å². The molecule has 6 nitrogen and oxygen atoms in total. The first kappa shape index (κ1) is 17.3. The van der Waals surface area contributed by atoms with E-state index in [0.717, 1.165) is 24.8 Å². The van der Waals surface area contributed by atoms with Gasteiger partial charge in [0.05, 0.1) is 19.1 Å². The number of nitrogens with one attached hydrogen (secondary N) is 2. The van der Waals surface area contributed by atoms with Gasteiger partial charge in [-0.25, -0.2) is 0 Å². The highest BCUT2D eigenvalue weighted by atomic mass is 32.1. The summed E-state index contributed by atoms with van der Waals surface area (Å²) in [6.07, 6.45) is 3.20. The Morgan fingerprint density at radius 2 is 1.64 bits per heavy atom. The van der Waals surface area contributed by atoms with E-state index >= 15 is 0 Å². The smallest absolute Gasteiger partial charge is 0.279 e. The summed E-state index contributed by atoms with van der Waals surface area (Å²) in [6, 6.07) is 5.13. The Balaban J connectivity index is 1.68. The minimum absolute atomic E-state index is 0.307. The molecule has 0 saturated carbocycles. The molecule has 1 aliphatic rings. The second-order valence-corrected chi connectivity index (χ2v) is 6.96. The van der Waals surface area contributed by atoms with Crippen LogP contribution in [0.3, 0.4) is 0 Å². The molecule has 7 heteroatoms. The fourth-order valence-electron chi connectivity index (χ4n) is 2.91. The summed E-state index contributed by atoms with van der Waals surface area (Å²) in [4.78, 5) is 26.4. The number of hydrogen-bond donors (Lipinski definition) is 2. The number of ether oxygens (including phenoxy) is 2. The van der Waals surface area contributed by atoms with Crippen molar-refractivity contribution in [1.29, 1.82) is 0 Å². The van der Waals surface area contributed by atoms with Crippen LogP contribution in [-0.2, 0) is 12.8 Å². The molecule has 0 radical (unpaired) electrons. The zero-order valence-electron chi connectivity index (χ0n) is 14.4. The third kappa shape index (κ3) is 3.46. The van der Waals surface area contributed by atoms with E-state index in [2.05, 4.69) is 10.9 Å². The van der Waals surface area contributed by atoms with E-state index in [1.54, 1.807) is 12.1 Å². The van der Waals surface area contributed by atoms with Gasteiger partial charge in [0.25, 0.3) is 11.8 Å². The van der Waals surface area contributed by atoms with Gasteiger partial charge in [0, 0.05) is 16.0 Å². The summed E-state index contributed by atoms with van der Waals surface area (Å²) >= 11 is 1.49. The van der Waals surface area contributed by atoms with Gasteiger partial charge in [0.2, 0.25) is 0 Å². The lowest BCUT2D eigenvalue weighted by atomic mass is 10.1. The van der Waals surface area contributed by atoms with E-state index in [1.807, 2.05) is 13.0 Å². The zero-order valence-corrected chi connectivity index (χ0v) is 15.2. The zero-order chi connectivity index (χ0) is 18.0. The topological polar surface area (TPSA) is 76.7 Å². The maximum Gasteiger partial charge on any atom is 0.279 e. The highest BCUT2D eigenvalue weighted by Gasteiger charge is 2.19. The van der Waals surface area contributed by atoms with Crippen molar-refractivity contribution < 1.29 is 19.1 Å². The number of fused-ring (bicyclic) bond motifs is 1. The Morgan fingerprint density at radius 3 is 2.24 bits per heavy atom. The predicted octanol–water partition coefficient (Wildman–Crippen LogP) is 2.64. The summed E-state index contributed by atoms with van der Waals surface area (Å²) in [7, 11) is 3.06. The van der Waals surface area contributed by atoms with Crippen molar-refractivity contribution in [2.24, 2.45) is 0 Å². The Bertz CT molecular complexity index is 782. The van der Waals surface area contributed by atoms with Crippen molar-refractivity contribution in [3.05, 3.63) is 44.6 Å². The van der Waals surface area contributed by atoms with E-state index in [4.69, 9.17) is 9.47 Å². The highest BCUT2D eigenvalue weighted by Crippen LogP contribution is 2.31. The van der Waals surface area contributed by atoms with Gasteiger partial charge in [-0.3, -0.25) is 20.4 Å². The molecule has 2 aromatic rings. The van der Waals surface area contributed by atoms with Crippen LogP contribution in [-0.4, -0.2) is 26.0 Å². The summed E-state index contributed by atoms with van der Waals surface area (Å²) in [5.74, 6) is 0.351. The molecular weight excluding hydrogens is 340 g/mol. The number of amides is 2. The Hall–Kier alpha value is -2.54. The maximum atomic E-state index is 12.3. The van der Waals surface area contributed by atoms with Gasteiger partial charge in [-0.15, -0.1) is 11.3 Å². The second kappa shape index (κ2) is 7.14. The number of carbonyl (C=O) groups is 2. The lowest BCUT2D eigenvalue weighted by Gasteiger charge is -2.13. The molecule has 0 aliphatic heterocycles. The van der Waals surface area contributed by atoms with Crippen molar-refractivity contribution in [1.82, 2.24) is 10.9 Å². The molecule has 1 aliphatic carbocycles. The van der Waals surface area contributed by atoms with Gasteiger partial charge >= 0.3 is 0 Å². The van der Waals surface area contributed by atoms with Crippen molar-refractivity contribution in [2.75, 3.05) is 14.2 Å². The van der Waals surface area contributed by atoms with Crippen molar-refractivity contribution in [2.45, 2.75) is 26.2 Å². The number of aryl methyl sites for hydroxylation is 2. The molecule has 3 rings (SSSR count). The minimum atomic E-state index is -0.436. The van der Waals surface area contributed by atoms with Gasteiger partial charge in [0.1, 0.15) is 11.5 Å². The number of methoxy groups -OCH3 is 2. The van der Waals surface area contributed by atoms with E-state index in [1.165, 1.54) is 36.0 Å². The van der Waals surface area contributed by atoms with Crippen LogP contribution in [0.15, 0.2) is 18.2 Å². The van der Waals surface area contributed by atoms with E-state index in [0.29, 0.717) is 21.9 Å². The van der Waals surface area contributed by atoms with Gasteiger partial charge in [-0.1, -0.05) is 0 Å². The molecule has 1 aromatic carbocycles. The molecule has 2 N–H and O–H groups in total. The molecule has 0 spiro atoms. The van der Waals surface area contributed by atoms with Crippen LogP contribution >= 0.6 is 11.3 Å². The Kier molecular flexibility index (Phi) is 4.94. The molecule has 0 fully saturated rings. The quantitative estimate of drug-likeness (QED) is 0.822. The molecule has 132 valence electrons. The largest absolute Gasteiger partial charge is 0.496 e. The lowest BCUT2D eigenvalue weighted by Crippen LogP contribution is -2.41. The molecule has 0 unspecified atom stereocenters. The Labute approximate surface area is 150 Å². The number of thiophene rings is 1. The number of carbonyl (C=O) groups excluding carboxylic acids is 2. The third-order valence-electron chi connectivity index (χ3n) is 4.27. The van der Waals surface area contributed by atoms with Gasteiger partial charge in [-0.2, -0.15) is 0 Å². The van der Waals surface area contributed by atoms with E-state index in [9.17, 15) is 9.59 Å². The van der Waals surface area contributed by atoms with Crippen molar-refractivity contribution in [3.63, 3.8) is 0 Å². The molecular formula is C18H20N2O4S. The average molecular weight is 360 g/mol. The van der Waals surface area contributed by atoms with Crippen LogP contribution in [0, 0.1) is 6.92 Å². The fraction of sp³-hybridized carbons (Fsp3) is 0.333. The predicted molar refractivity (Wildman–Crippen MR) is 95.6 cm³/mol. The normalized spacial score (nSPS) is 12.4. The molecule has 25 heavy (non-hydrogen) atoms. The molecule has 0 atom stereocenters. The summed E-state index contributed by atoms with van der Waals surface area (Å²) in [5, 5.41) is 0. The summed E-state index contributed by atoms with van der Waals surface area (Å²) in [5.41, 5.74) is 7.30. The number of hydrazine groups is 1. The molecule has 2 amide bonds. The maximum absolute atomic E-state index is 12.3. The van der Waals surface area contributed by atoms with Crippen LogP contribution in [0.5, 0.6) is 11.5 Å². The number of hydrogen-bond acceptors (Lipinski definition) is 5. The summed E-state index contributed by atoms with van der Waals surface area (Å²) in [6.45, 7) is 1.84. The SMILES string of the molecule is COc1cc(C(=O)NNC(=O)c2cc3c(s2)CCC3)cc(OC)c1C. The lowest BCUT2D eigenvalue weighted by molar-refractivity contribution is 0.0848. The first-order chi connectivity index (χ1) is 12.0. The molecule has 0 bridgehead atoms. The van der Waals surface area contributed by atoms with Gasteiger partial charge in [-0.05, 0) is 49.9 Å². The number of benzene rings is 1. The van der Waals surface area contributed by atoms with Crippen LogP contribution in [0.2, 0.25) is 0 Å². The minimum Gasteiger partial charge on any atom is -0.496 e. The third-order valence-corrected chi connectivity index (χ3v) is 5.51. The Morgan fingerprint density at radius 1 is 1.00 bits per heavy atom. The van der Waals surface area contributed by atoms with Gasteiger partial charge in [0.15, 0.2) is 0 Å². The van der Waals surface area contributed by atoms with Crippen molar-refractivity contribution in [3.8, 4) is 11.5 Å². The standard InChI is InChI=1S/C18H20N2O4S/c1-10-13(23-2)7-12(8-14(10)24-3)17(21)19-20-18(22)16-9-11-5-4-6-15(11)25-16/h7-9H,4-6H2,1-3H3,(H,19,21)(H,20,22). The first-order valence-corrected chi connectivity index (χ1v) is 8.80. The van der Waals surface area contributed by atoms with E-state index in [-0.39, 0.29) is 5.91 Å². The summed E-state index contributed by atoms with van der Waals surface area (Å²) < 4.78 is 10.5. The second-order valence-electron chi connectivity index (χ2n) is 5.83. The van der Waals surface area contributed by atoms with E-state index < -0.39 is 5.91 Å².